The van der Waals surface area contributed by atoms with E-state index < -0.39 is 0 Å². The maximum atomic E-state index is 11.8. The van der Waals surface area contributed by atoms with Crippen molar-refractivity contribution in [2.75, 3.05) is 31.1 Å². The molecule has 128 valence electrons. The van der Waals surface area contributed by atoms with Crippen LogP contribution < -0.4 is 15.0 Å². The minimum atomic E-state index is -0.194. The molecule has 24 heavy (non-hydrogen) atoms. The molecule has 0 aliphatic heterocycles. The zero-order chi connectivity index (χ0) is 17.2. The lowest BCUT2D eigenvalue weighted by molar-refractivity contribution is -0.123. The van der Waals surface area contributed by atoms with Gasteiger partial charge >= 0.3 is 0 Å². The van der Waals surface area contributed by atoms with Crippen molar-refractivity contribution < 1.29 is 14.6 Å². The van der Waals surface area contributed by atoms with Crippen LogP contribution in [0.15, 0.2) is 54.6 Å². The van der Waals surface area contributed by atoms with E-state index in [1.54, 1.807) is 18.2 Å². The Hall–Kier alpha value is -2.69. The van der Waals surface area contributed by atoms with E-state index in [2.05, 4.69) is 29.3 Å². The second kappa shape index (κ2) is 9.45. The van der Waals surface area contributed by atoms with Gasteiger partial charge in [0.1, 0.15) is 0 Å². The third-order valence-corrected chi connectivity index (χ3v) is 3.65. The summed E-state index contributed by atoms with van der Waals surface area (Å²) < 4.78 is 5.29. The Morgan fingerprint density at radius 2 is 1.83 bits per heavy atom. The quantitative estimate of drug-likeness (QED) is 0.695. The summed E-state index contributed by atoms with van der Waals surface area (Å²) in [5, 5.41) is 12.4. The van der Waals surface area contributed by atoms with E-state index in [0.717, 1.165) is 19.5 Å². The number of para-hydroxylation sites is 3. The first-order valence-corrected chi connectivity index (χ1v) is 8.18. The second-order valence-electron chi connectivity index (χ2n) is 5.38. The minimum absolute atomic E-state index is 0.0340. The molecule has 0 aromatic heterocycles. The van der Waals surface area contributed by atoms with Gasteiger partial charge in [-0.25, -0.2) is 0 Å². The van der Waals surface area contributed by atoms with Gasteiger partial charge in [-0.2, -0.15) is 0 Å². The molecule has 0 spiro atoms. The van der Waals surface area contributed by atoms with Crippen LogP contribution >= 0.6 is 0 Å². The molecule has 0 saturated carbocycles. The van der Waals surface area contributed by atoms with Crippen LogP contribution in [0.1, 0.15) is 13.3 Å². The second-order valence-corrected chi connectivity index (χ2v) is 5.38. The summed E-state index contributed by atoms with van der Waals surface area (Å²) in [5.41, 5.74) is 1.19. The van der Waals surface area contributed by atoms with Crippen LogP contribution in [0.3, 0.4) is 0 Å². The van der Waals surface area contributed by atoms with Gasteiger partial charge in [0.05, 0.1) is 0 Å². The SMILES string of the molecule is CCN(CCCNC(=O)COc1ccccc1O)c1ccccc1. The third-order valence-electron chi connectivity index (χ3n) is 3.65. The molecule has 0 saturated heterocycles. The predicted octanol–water partition coefficient (Wildman–Crippen LogP) is 2.80. The first-order valence-electron chi connectivity index (χ1n) is 8.18. The number of hydrogen-bond donors (Lipinski definition) is 2. The summed E-state index contributed by atoms with van der Waals surface area (Å²) in [6.45, 7) is 4.40. The summed E-state index contributed by atoms with van der Waals surface area (Å²) in [4.78, 5) is 14.0. The van der Waals surface area contributed by atoms with Crippen molar-refractivity contribution in [1.29, 1.82) is 0 Å². The van der Waals surface area contributed by atoms with Gasteiger partial charge in [-0.15, -0.1) is 0 Å². The topological polar surface area (TPSA) is 61.8 Å². The van der Waals surface area contributed by atoms with Crippen LogP contribution in [0.2, 0.25) is 0 Å². The van der Waals surface area contributed by atoms with Gasteiger partial charge in [-0.3, -0.25) is 4.79 Å². The maximum Gasteiger partial charge on any atom is 0.257 e. The fraction of sp³-hybridized carbons (Fsp3) is 0.316. The Kier molecular flexibility index (Phi) is 6.95. The number of nitrogens with one attached hydrogen (secondary N) is 1. The minimum Gasteiger partial charge on any atom is -0.504 e. The zero-order valence-electron chi connectivity index (χ0n) is 13.9. The largest absolute Gasteiger partial charge is 0.504 e. The lowest BCUT2D eigenvalue weighted by Gasteiger charge is -2.23. The number of ether oxygens (including phenoxy) is 1. The maximum absolute atomic E-state index is 11.8. The average molecular weight is 328 g/mol. The Morgan fingerprint density at radius 1 is 1.12 bits per heavy atom. The number of hydrogen-bond acceptors (Lipinski definition) is 4. The molecule has 2 rings (SSSR count). The van der Waals surface area contributed by atoms with Gasteiger partial charge in [0.25, 0.3) is 5.91 Å². The number of carbonyl (C=O) groups is 1. The van der Waals surface area contributed by atoms with Crippen LogP contribution in [0.4, 0.5) is 5.69 Å². The van der Waals surface area contributed by atoms with Gasteiger partial charge < -0.3 is 20.1 Å². The summed E-state index contributed by atoms with van der Waals surface area (Å²) in [7, 11) is 0. The highest BCUT2D eigenvalue weighted by Gasteiger charge is 2.06. The molecule has 0 heterocycles. The van der Waals surface area contributed by atoms with E-state index in [1.165, 1.54) is 11.8 Å². The fourth-order valence-electron chi connectivity index (χ4n) is 2.38. The van der Waals surface area contributed by atoms with E-state index in [0.29, 0.717) is 12.3 Å². The van der Waals surface area contributed by atoms with Crippen molar-refractivity contribution in [2.24, 2.45) is 0 Å². The van der Waals surface area contributed by atoms with E-state index in [1.807, 2.05) is 18.2 Å². The molecule has 0 fully saturated rings. The highest BCUT2D eigenvalue weighted by molar-refractivity contribution is 5.77. The van der Waals surface area contributed by atoms with Crippen molar-refractivity contribution >= 4 is 11.6 Å². The lowest BCUT2D eigenvalue weighted by atomic mass is 10.2. The first-order chi connectivity index (χ1) is 11.7. The summed E-state index contributed by atoms with van der Waals surface area (Å²) in [6.07, 6.45) is 0.852. The van der Waals surface area contributed by atoms with Crippen molar-refractivity contribution in [2.45, 2.75) is 13.3 Å². The van der Waals surface area contributed by atoms with E-state index in [4.69, 9.17) is 4.74 Å². The van der Waals surface area contributed by atoms with E-state index in [9.17, 15) is 9.90 Å². The van der Waals surface area contributed by atoms with Crippen molar-refractivity contribution in [1.82, 2.24) is 5.32 Å². The molecular formula is C19H24N2O3. The van der Waals surface area contributed by atoms with Gasteiger partial charge in [0, 0.05) is 25.3 Å². The molecule has 2 aromatic carbocycles. The first kappa shape index (κ1) is 17.7. The Balaban J connectivity index is 1.66. The molecule has 0 radical (unpaired) electrons. The highest BCUT2D eigenvalue weighted by atomic mass is 16.5. The van der Waals surface area contributed by atoms with Crippen LogP contribution in [-0.4, -0.2) is 37.3 Å². The molecule has 2 aromatic rings. The molecule has 0 bridgehead atoms. The molecule has 5 heteroatoms. The van der Waals surface area contributed by atoms with Crippen molar-refractivity contribution in [3.05, 3.63) is 54.6 Å². The van der Waals surface area contributed by atoms with Gasteiger partial charge in [0.15, 0.2) is 18.1 Å². The molecule has 0 aliphatic rings. The fourth-order valence-corrected chi connectivity index (χ4v) is 2.38. The Morgan fingerprint density at radius 3 is 2.54 bits per heavy atom. The summed E-state index contributed by atoms with van der Waals surface area (Å²) in [5.74, 6) is 0.154. The average Bonchev–Trinajstić information content (AvgIpc) is 2.62. The van der Waals surface area contributed by atoms with Gasteiger partial charge in [-0.05, 0) is 37.6 Å². The summed E-state index contributed by atoms with van der Waals surface area (Å²) >= 11 is 0. The normalized spacial score (nSPS) is 10.2. The zero-order valence-corrected chi connectivity index (χ0v) is 13.9. The Labute approximate surface area is 142 Å². The monoisotopic (exact) mass is 328 g/mol. The van der Waals surface area contributed by atoms with E-state index >= 15 is 0 Å². The molecule has 0 atom stereocenters. The number of benzene rings is 2. The predicted molar refractivity (Wildman–Crippen MR) is 95.6 cm³/mol. The van der Waals surface area contributed by atoms with Crippen LogP contribution in [0.25, 0.3) is 0 Å². The third kappa shape index (κ3) is 5.50. The molecular weight excluding hydrogens is 304 g/mol. The highest BCUT2D eigenvalue weighted by Crippen LogP contribution is 2.23. The van der Waals surface area contributed by atoms with Gasteiger partial charge in [0.2, 0.25) is 0 Å². The molecule has 0 unspecified atom stereocenters. The van der Waals surface area contributed by atoms with Crippen LogP contribution in [0.5, 0.6) is 11.5 Å². The number of phenols is 1. The van der Waals surface area contributed by atoms with Crippen LogP contribution in [0, 0.1) is 0 Å². The number of amides is 1. The van der Waals surface area contributed by atoms with Crippen molar-refractivity contribution in [3.63, 3.8) is 0 Å². The van der Waals surface area contributed by atoms with Gasteiger partial charge in [-0.1, -0.05) is 30.3 Å². The smallest absolute Gasteiger partial charge is 0.257 e. The lowest BCUT2D eigenvalue weighted by Crippen LogP contribution is -2.32. The van der Waals surface area contributed by atoms with Crippen LogP contribution in [-0.2, 0) is 4.79 Å². The number of aromatic hydroxyl groups is 1. The molecule has 5 nitrogen and oxygen atoms in total. The number of carbonyl (C=O) groups excluding carboxylic acids is 1. The number of rotatable bonds is 9. The summed E-state index contributed by atoms with van der Waals surface area (Å²) in [6, 6.07) is 16.8. The number of nitrogens with zero attached hydrogens (tertiary/aromatic N) is 1. The van der Waals surface area contributed by atoms with E-state index in [-0.39, 0.29) is 18.3 Å². The molecule has 1 amide bonds. The molecule has 2 N–H and O–H groups in total. The van der Waals surface area contributed by atoms with Crippen molar-refractivity contribution in [3.8, 4) is 11.5 Å². The number of phenolic OH excluding ortho intramolecular Hbond substituents is 1. The standard InChI is InChI=1S/C19H24N2O3/c1-2-21(16-9-4-3-5-10-16)14-8-13-20-19(23)15-24-18-12-7-6-11-17(18)22/h3-7,9-12,22H,2,8,13-15H2,1H3,(H,20,23). The number of anilines is 1. The Bertz CT molecular complexity index is 632. The molecule has 0 aliphatic carbocycles.